The Morgan fingerprint density at radius 1 is 1.04 bits per heavy atom. The van der Waals surface area contributed by atoms with Gasteiger partial charge in [-0.1, -0.05) is 41.9 Å². The lowest BCUT2D eigenvalue weighted by Crippen LogP contribution is -2.45. The van der Waals surface area contributed by atoms with E-state index in [2.05, 4.69) is 39.4 Å². The molecule has 26 heavy (non-hydrogen) atoms. The molecule has 0 aliphatic carbocycles. The normalized spacial score (nSPS) is 15.8. The van der Waals surface area contributed by atoms with Gasteiger partial charge in [-0.25, -0.2) is 0 Å². The van der Waals surface area contributed by atoms with Crippen LogP contribution in [-0.4, -0.2) is 41.9 Å². The number of halogens is 1. The Morgan fingerprint density at radius 3 is 2.35 bits per heavy atom. The lowest BCUT2D eigenvalue weighted by Gasteiger charge is -2.36. The van der Waals surface area contributed by atoms with Crippen molar-refractivity contribution in [3.63, 3.8) is 0 Å². The van der Waals surface area contributed by atoms with Crippen LogP contribution in [-0.2, 0) is 11.3 Å². The van der Waals surface area contributed by atoms with Gasteiger partial charge in [-0.2, -0.15) is 0 Å². The number of piperazine rings is 1. The van der Waals surface area contributed by atoms with Crippen LogP contribution in [0.2, 0.25) is 5.02 Å². The molecule has 1 N–H and O–H groups in total. The Hall–Kier alpha value is -2.30. The molecular weight excluding hydrogens is 346 g/mol. The van der Waals surface area contributed by atoms with Crippen molar-refractivity contribution in [2.24, 2.45) is 0 Å². The first-order chi connectivity index (χ1) is 12.6. The number of anilines is 1. The van der Waals surface area contributed by atoms with Crippen molar-refractivity contribution in [2.45, 2.75) is 13.5 Å². The van der Waals surface area contributed by atoms with E-state index in [0.717, 1.165) is 44.1 Å². The molecule has 1 fully saturated rings. The summed E-state index contributed by atoms with van der Waals surface area (Å²) in [5.74, 6) is -0.114. The molecule has 0 spiro atoms. The summed E-state index contributed by atoms with van der Waals surface area (Å²) in [6, 6.07) is 17.7. The number of allylic oxidation sites excluding steroid dienone is 1. The van der Waals surface area contributed by atoms with Crippen LogP contribution in [0, 0.1) is 0 Å². The number of rotatable bonds is 5. The molecule has 3 rings (SSSR count). The number of amides is 1. The van der Waals surface area contributed by atoms with E-state index in [0.29, 0.717) is 5.02 Å². The molecule has 136 valence electrons. The van der Waals surface area contributed by atoms with Crippen LogP contribution in [0.15, 0.2) is 66.4 Å². The third kappa shape index (κ3) is 5.35. The first kappa shape index (κ1) is 18.5. The lowest BCUT2D eigenvalue weighted by atomic mass is 10.2. The van der Waals surface area contributed by atoms with Crippen LogP contribution >= 0.6 is 11.6 Å². The number of benzene rings is 2. The van der Waals surface area contributed by atoms with Crippen LogP contribution < -0.4 is 5.32 Å². The van der Waals surface area contributed by atoms with Gasteiger partial charge in [0.25, 0.3) is 0 Å². The monoisotopic (exact) mass is 369 g/mol. The van der Waals surface area contributed by atoms with Crippen molar-refractivity contribution in [1.29, 1.82) is 0 Å². The Balaban J connectivity index is 1.49. The van der Waals surface area contributed by atoms with E-state index in [9.17, 15) is 4.79 Å². The summed E-state index contributed by atoms with van der Waals surface area (Å²) in [4.78, 5) is 16.9. The van der Waals surface area contributed by atoms with E-state index in [1.807, 2.05) is 13.0 Å². The van der Waals surface area contributed by atoms with Crippen LogP contribution in [0.5, 0.6) is 0 Å². The van der Waals surface area contributed by atoms with Crippen LogP contribution in [0.4, 0.5) is 5.69 Å². The maximum Gasteiger partial charge on any atom is 0.250 e. The van der Waals surface area contributed by atoms with E-state index in [-0.39, 0.29) is 5.91 Å². The molecule has 0 bridgehead atoms. The van der Waals surface area contributed by atoms with E-state index < -0.39 is 0 Å². The molecule has 0 aromatic heterocycles. The van der Waals surface area contributed by atoms with Gasteiger partial charge in [0.05, 0.1) is 0 Å². The Morgan fingerprint density at radius 2 is 1.69 bits per heavy atom. The summed E-state index contributed by atoms with van der Waals surface area (Å²) in [5.41, 5.74) is 3.09. The summed E-state index contributed by atoms with van der Waals surface area (Å²) in [6.07, 6.45) is 1.67. The number of carbonyl (C=O) groups is 1. The molecule has 1 saturated heterocycles. The molecule has 0 radical (unpaired) electrons. The zero-order chi connectivity index (χ0) is 18.4. The number of carbonyl (C=O) groups excluding carboxylic acids is 1. The van der Waals surface area contributed by atoms with Gasteiger partial charge in [0.15, 0.2) is 0 Å². The minimum Gasteiger partial charge on any atom is -0.372 e. The highest BCUT2D eigenvalue weighted by molar-refractivity contribution is 6.30. The highest BCUT2D eigenvalue weighted by Crippen LogP contribution is 2.15. The quantitative estimate of drug-likeness (QED) is 0.809. The molecule has 0 unspecified atom stereocenters. The second-order valence-corrected chi connectivity index (χ2v) is 6.97. The topological polar surface area (TPSA) is 35.6 Å². The van der Waals surface area contributed by atoms with Gasteiger partial charge >= 0.3 is 0 Å². The second kappa shape index (κ2) is 8.88. The summed E-state index contributed by atoms with van der Waals surface area (Å²) in [6.45, 7) is 6.84. The largest absolute Gasteiger partial charge is 0.372 e. The van der Waals surface area contributed by atoms with E-state index in [1.54, 1.807) is 30.3 Å². The van der Waals surface area contributed by atoms with Gasteiger partial charge in [-0.15, -0.1) is 0 Å². The van der Waals surface area contributed by atoms with Crippen LogP contribution in [0.25, 0.3) is 0 Å². The summed E-state index contributed by atoms with van der Waals surface area (Å²) >= 11 is 5.86. The summed E-state index contributed by atoms with van der Waals surface area (Å²) < 4.78 is 0. The summed E-state index contributed by atoms with van der Waals surface area (Å²) in [7, 11) is 0. The van der Waals surface area contributed by atoms with Crippen LogP contribution in [0.1, 0.15) is 12.5 Å². The van der Waals surface area contributed by atoms with Crippen LogP contribution in [0.3, 0.4) is 0 Å². The van der Waals surface area contributed by atoms with Gasteiger partial charge in [0.1, 0.15) is 0 Å². The van der Waals surface area contributed by atoms with E-state index >= 15 is 0 Å². The standard InChI is InChI=1S/C21H24ClN3O/c1-17(15-21(26)23-20-9-7-19(22)8-10-20)25-13-11-24(12-14-25)16-18-5-3-2-4-6-18/h2-10,15H,11-14,16H2,1H3,(H,23,26)/b17-15+. The number of hydrogen-bond acceptors (Lipinski definition) is 3. The molecule has 4 nitrogen and oxygen atoms in total. The predicted molar refractivity (Wildman–Crippen MR) is 107 cm³/mol. The fourth-order valence-corrected chi connectivity index (χ4v) is 3.22. The predicted octanol–water partition coefficient (Wildman–Crippen LogP) is 4.00. The molecule has 1 aliphatic heterocycles. The third-order valence-corrected chi connectivity index (χ3v) is 4.82. The minimum absolute atomic E-state index is 0.114. The molecule has 0 atom stereocenters. The fraction of sp³-hybridized carbons (Fsp3) is 0.286. The zero-order valence-electron chi connectivity index (χ0n) is 15.0. The maximum atomic E-state index is 12.2. The molecule has 0 saturated carbocycles. The first-order valence-corrected chi connectivity index (χ1v) is 9.24. The molecule has 2 aromatic carbocycles. The molecule has 5 heteroatoms. The second-order valence-electron chi connectivity index (χ2n) is 6.53. The van der Waals surface area contributed by atoms with Crippen molar-refractivity contribution in [2.75, 3.05) is 31.5 Å². The fourth-order valence-electron chi connectivity index (χ4n) is 3.09. The SMILES string of the molecule is C/C(=C\C(=O)Nc1ccc(Cl)cc1)N1CCN(Cc2ccccc2)CC1. The van der Waals surface area contributed by atoms with Crippen molar-refractivity contribution in [3.05, 3.63) is 77.0 Å². The minimum atomic E-state index is -0.114. The molecule has 1 aliphatic rings. The maximum absolute atomic E-state index is 12.2. The Kier molecular flexibility index (Phi) is 6.31. The number of nitrogens with zero attached hydrogens (tertiary/aromatic N) is 2. The first-order valence-electron chi connectivity index (χ1n) is 8.86. The smallest absolute Gasteiger partial charge is 0.250 e. The number of hydrogen-bond donors (Lipinski definition) is 1. The highest BCUT2D eigenvalue weighted by Gasteiger charge is 2.17. The van der Waals surface area contributed by atoms with Crippen molar-refractivity contribution >= 4 is 23.2 Å². The average Bonchev–Trinajstić information content (AvgIpc) is 2.65. The van der Waals surface area contributed by atoms with Crippen molar-refractivity contribution in [3.8, 4) is 0 Å². The van der Waals surface area contributed by atoms with Gasteiger partial charge in [-0.05, 0) is 36.8 Å². The van der Waals surface area contributed by atoms with Crippen molar-refractivity contribution in [1.82, 2.24) is 9.80 Å². The van der Waals surface area contributed by atoms with Crippen molar-refractivity contribution < 1.29 is 4.79 Å². The lowest BCUT2D eigenvalue weighted by molar-refractivity contribution is -0.112. The average molecular weight is 370 g/mol. The van der Waals surface area contributed by atoms with Gasteiger partial charge in [0.2, 0.25) is 5.91 Å². The van der Waals surface area contributed by atoms with Gasteiger partial charge in [-0.3, -0.25) is 9.69 Å². The Labute approximate surface area is 160 Å². The van der Waals surface area contributed by atoms with Gasteiger partial charge in [0, 0.05) is 55.2 Å². The zero-order valence-corrected chi connectivity index (χ0v) is 15.7. The highest BCUT2D eigenvalue weighted by atomic mass is 35.5. The number of nitrogens with one attached hydrogen (secondary N) is 1. The van der Waals surface area contributed by atoms with E-state index in [1.165, 1.54) is 5.56 Å². The molecule has 1 amide bonds. The molecular formula is C21H24ClN3O. The van der Waals surface area contributed by atoms with Gasteiger partial charge < -0.3 is 10.2 Å². The third-order valence-electron chi connectivity index (χ3n) is 4.57. The van der Waals surface area contributed by atoms with E-state index in [4.69, 9.17) is 11.6 Å². The molecule has 2 aromatic rings. The molecule has 1 heterocycles. The Bertz CT molecular complexity index is 751. The summed E-state index contributed by atoms with van der Waals surface area (Å²) in [5, 5.41) is 3.53.